The molecule has 0 aromatic carbocycles. The number of hydrogen-bond donors (Lipinski definition) is 0. The van der Waals surface area contributed by atoms with Crippen molar-refractivity contribution in [3.05, 3.63) is 0 Å². The second kappa shape index (κ2) is 5.17. The van der Waals surface area contributed by atoms with Crippen LogP contribution in [-0.2, 0) is 9.53 Å². The van der Waals surface area contributed by atoms with Crippen LogP contribution in [0.5, 0.6) is 0 Å². The largest absolute Gasteiger partial charge is 0.361 e. The fourth-order valence-corrected chi connectivity index (χ4v) is 3.66. The number of ether oxygens (including phenoxy) is 1. The highest BCUT2D eigenvalue weighted by Crippen LogP contribution is 2.40. The normalized spacial score (nSPS) is 35.3. The topological polar surface area (TPSA) is 29.5 Å². The summed E-state index contributed by atoms with van der Waals surface area (Å²) in [4.78, 5) is 15.1. The first-order valence-electron chi connectivity index (χ1n) is 7.72. The average molecular weight is 267 g/mol. The molecule has 19 heavy (non-hydrogen) atoms. The third-order valence-corrected chi connectivity index (χ3v) is 4.87. The van der Waals surface area contributed by atoms with Crippen molar-refractivity contribution in [1.82, 2.24) is 4.90 Å². The van der Waals surface area contributed by atoms with Gasteiger partial charge in [-0.2, -0.15) is 0 Å². The minimum atomic E-state index is -0.622. The van der Waals surface area contributed by atoms with Gasteiger partial charge in [0.25, 0.3) is 0 Å². The minimum absolute atomic E-state index is 0.00282. The molecule has 0 N–H and O–H groups in total. The average Bonchev–Trinajstić information content (AvgIpc) is 2.46. The fourth-order valence-electron chi connectivity index (χ4n) is 3.66. The molecule has 2 aliphatic heterocycles. The van der Waals surface area contributed by atoms with Crippen molar-refractivity contribution in [3.63, 3.8) is 0 Å². The molecule has 0 aliphatic carbocycles. The standard InChI is InChI=1S/C16H29NO2/c1-12-9-7-6-8-10-17(12)11-13-14(18)16(4,5)19-15(13,2)3/h12-13H,6-11H2,1-5H3. The van der Waals surface area contributed by atoms with Crippen molar-refractivity contribution < 1.29 is 9.53 Å². The predicted octanol–water partition coefficient (Wildman–Crippen LogP) is 3.02. The number of ketones is 1. The third kappa shape index (κ3) is 3.03. The smallest absolute Gasteiger partial charge is 0.171 e. The molecule has 0 radical (unpaired) electrons. The maximum Gasteiger partial charge on any atom is 0.171 e. The lowest BCUT2D eigenvalue weighted by Crippen LogP contribution is -2.44. The van der Waals surface area contributed by atoms with E-state index in [0.717, 1.165) is 13.1 Å². The lowest BCUT2D eigenvalue weighted by Gasteiger charge is -2.33. The van der Waals surface area contributed by atoms with Crippen LogP contribution in [0.2, 0.25) is 0 Å². The zero-order chi connectivity index (χ0) is 14.3. The molecule has 0 spiro atoms. The summed E-state index contributed by atoms with van der Waals surface area (Å²) in [5, 5.41) is 0. The zero-order valence-electron chi connectivity index (χ0n) is 13.2. The van der Waals surface area contributed by atoms with Gasteiger partial charge in [-0.15, -0.1) is 0 Å². The maximum absolute atomic E-state index is 12.6. The van der Waals surface area contributed by atoms with Crippen LogP contribution in [0.15, 0.2) is 0 Å². The van der Waals surface area contributed by atoms with E-state index in [0.29, 0.717) is 6.04 Å². The van der Waals surface area contributed by atoms with Gasteiger partial charge in [-0.05, 0) is 54.0 Å². The second-order valence-corrected chi connectivity index (χ2v) is 7.33. The molecule has 2 atom stereocenters. The van der Waals surface area contributed by atoms with Gasteiger partial charge in [0.15, 0.2) is 5.78 Å². The Morgan fingerprint density at radius 1 is 1.21 bits per heavy atom. The van der Waals surface area contributed by atoms with E-state index in [1.54, 1.807) is 0 Å². The first-order valence-corrected chi connectivity index (χ1v) is 7.72. The number of nitrogens with zero attached hydrogens (tertiary/aromatic N) is 1. The Hall–Kier alpha value is -0.410. The van der Waals surface area contributed by atoms with Crippen molar-refractivity contribution in [1.29, 1.82) is 0 Å². The molecule has 0 amide bonds. The molecule has 2 rings (SSSR count). The molecule has 2 aliphatic rings. The van der Waals surface area contributed by atoms with E-state index in [4.69, 9.17) is 4.74 Å². The van der Waals surface area contributed by atoms with E-state index >= 15 is 0 Å². The Balaban J connectivity index is 2.10. The van der Waals surface area contributed by atoms with Crippen LogP contribution >= 0.6 is 0 Å². The molecular weight excluding hydrogens is 238 g/mol. The van der Waals surface area contributed by atoms with Gasteiger partial charge in [0.1, 0.15) is 5.60 Å². The second-order valence-electron chi connectivity index (χ2n) is 7.33. The van der Waals surface area contributed by atoms with Crippen LogP contribution in [-0.4, -0.2) is 41.0 Å². The molecule has 110 valence electrons. The SMILES string of the molecule is CC1CCCCCN1CC1C(=O)C(C)(C)OC1(C)C. The highest BCUT2D eigenvalue weighted by Gasteiger charge is 2.53. The van der Waals surface area contributed by atoms with Crippen LogP contribution in [0.4, 0.5) is 0 Å². The van der Waals surface area contributed by atoms with Gasteiger partial charge in [-0.3, -0.25) is 9.69 Å². The summed E-state index contributed by atoms with van der Waals surface area (Å²) >= 11 is 0. The molecule has 3 heteroatoms. The van der Waals surface area contributed by atoms with E-state index in [-0.39, 0.29) is 17.3 Å². The number of rotatable bonds is 2. The van der Waals surface area contributed by atoms with Gasteiger partial charge >= 0.3 is 0 Å². The number of likely N-dealkylation sites (tertiary alicyclic amines) is 1. The Morgan fingerprint density at radius 3 is 2.47 bits per heavy atom. The van der Waals surface area contributed by atoms with Gasteiger partial charge in [0, 0.05) is 12.6 Å². The highest BCUT2D eigenvalue weighted by atomic mass is 16.5. The first-order chi connectivity index (χ1) is 8.74. The molecule has 0 aromatic heterocycles. The summed E-state index contributed by atoms with van der Waals surface area (Å²) in [5.74, 6) is 0.275. The summed E-state index contributed by atoms with van der Waals surface area (Å²) in [5.41, 5.74) is -0.962. The molecule has 2 fully saturated rings. The van der Waals surface area contributed by atoms with Crippen molar-refractivity contribution in [3.8, 4) is 0 Å². The van der Waals surface area contributed by atoms with E-state index in [1.807, 2.05) is 13.8 Å². The summed E-state index contributed by atoms with van der Waals surface area (Å²) in [6.07, 6.45) is 5.16. The van der Waals surface area contributed by atoms with Crippen LogP contribution in [0.3, 0.4) is 0 Å². The van der Waals surface area contributed by atoms with E-state index in [9.17, 15) is 4.79 Å². The predicted molar refractivity (Wildman–Crippen MR) is 77.2 cm³/mol. The molecule has 0 bridgehead atoms. The molecular formula is C16H29NO2. The third-order valence-electron chi connectivity index (χ3n) is 4.87. The van der Waals surface area contributed by atoms with Crippen LogP contribution in [0, 0.1) is 5.92 Å². The Morgan fingerprint density at radius 2 is 1.89 bits per heavy atom. The number of carbonyl (C=O) groups is 1. The molecule has 2 unspecified atom stereocenters. The monoisotopic (exact) mass is 267 g/mol. The summed E-state index contributed by atoms with van der Waals surface area (Å²) in [6, 6.07) is 0.592. The Labute approximate surface area is 117 Å². The van der Waals surface area contributed by atoms with Crippen LogP contribution in [0.1, 0.15) is 60.3 Å². The summed E-state index contributed by atoms with van der Waals surface area (Å²) < 4.78 is 5.99. The first kappa shape index (κ1) is 15.0. The molecule has 0 saturated carbocycles. The van der Waals surface area contributed by atoms with Crippen LogP contribution in [0.25, 0.3) is 0 Å². The molecule has 0 aromatic rings. The van der Waals surface area contributed by atoms with Crippen molar-refractivity contribution in [2.24, 2.45) is 5.92 Å². The van der Waals surface area contributed by atoms with Gasteiger partial charge in [-0.1, -0.05) is 12.8 Å². The number of Topliss-reactive ketones (excluding diaryl/α,β-unsaturated/α-hetero) is 1. The maximum atomic E-state index is 12.6. The van der Waals surface area contributed by atoms with Gasteiger partial charge in [0.2, 0.25) is 0 Å². The van der Waals surface area contributed by atoms with Gasteiger partial charge in [-0.25, -0.2) is 0 Å². The van der Waals surface area contributed by atoms with E-state index < -0.39 is 5.60 Å². The van der Waals surface area contributed by atoms with E-state index in [1.165, 1.54) is 25.7 Å². The Bertz CT molecular complexity index is 349. The number of carbonyl (C=O) groups excluding carboxylic acids is 1. The van der Waals surface area contributed by atoms with Crippen molar-refractivity contribution in [2.45, 2.75) is 77.5 Å². The summed E-state index contributed by atoms with van der Waals surface area (Å²) in [7, 11) is 0. The number of hydrogen-bond acceptors (Lipinski definition) is 3. The van der Waals surface area contributed by atoms with Crippen molar-refractivity contribution in [2.75, 3.05) is 13.1 Å². The molecule has 2 heterocycles. The van der Waals surface area contributed by atoms with Gasteiger partial charge < -0.3 is 4.74 Å². The van der Waals surface area contributed by atoms with E-state index in [2.05, 4.69) is 25.7 Å². The lowest BCUT2D eigenvalue weighted by atomic mass is 9.85. The van der Waals surface area contributed by atoms with Gasteiger partial charge in [0.05, 0.1) is 11.5 Å². The molecule has 3 nitrogen and oxygen atoms in total. The zero-order valence-corrected chi connectivity index (χ0v) is 13.2. The summed E-state index contributed by atoms with van der Waals surface area (Å²) in [6.45, 7) is 12.2. The lowest BCUT2D eigenvalue weighted by molar-refractivity contribution is -0.132. The Kier molecular flexibility index (Phi) is 4.08. The highest BCUT2D eigenvalue weighted by molar-refractivity contribution is 5.91. The fraction of sp³-hybridized carbons (Fsp3) is 0.938. The molecule has 2 saturated heterocycles. The quantitative estimate of drug-likeness (QED) is 0.770. The minimum Gasteiger partial charge on any atom is -0.361 e. The van der Waals surface area contributed by atoms with Crippen LogP contribution < -0.4 is 0 Å². The van der Waals surface area contributed by atoms with Crippen molar-refractivity contribution >= 4 is 5.78 Å².